The molecule has 1 N–H and O–H groups in total. The van der Waals surface area contributed by atoms with Crippen LogP contribution in [-0.4, -0.2) is 52.4 Å². The quantitative estimate of drug-likeness (QED) is 0.215. The number of fused-ring (bicyclic) bond motifs is 1. The highest BCUT2D eigenvalue weighted by Gasteiger charge is 2.40. The molecule has 2 aromatic rings. The van der Waals surface area contributed by atoms with Crippen LogP contribution in [0.3, 0.4) is 0 Å². The number of nitrogens with one attached hydrogen (secondary N) is 1. The maximum Gasteiger partial charge on any atom is 0.308 e. The van der Waals surface area contributed by atoms with Gasteiger partial charge in [0.05, 0.1) is 16.9 Å². The predicted octanol–water partition coefficient (Wildman–Crippen LogP) is 1.97. The third kappa shape index (κ3) is 4.67. The number of carbonyl (C=O) groups is 5. The molecule has 0 aliphatic carbocycles. The molecule has 3 rings (SSSR count). The predicted molar refractivity (Wildman–Crippen MR) is 109 cm³/mol. The summed E-state index contributed by atoms with van der Waals surface area (Å²) in [4.78, 5) is 71.0. The molecule has 0 spiro atoms. The first kappa shape index (κ1) is 22.3. The molecule has 0 radical (unpaired) electrons. The summed E-state index contributed by atoms with van der Waals surface area (Å²) < 4.78 is 4.84. The number of esters is 1. The van der Waals surface area contributed by atoms with Gasteiger partial charge in [0.15, 0.2) is 12.4 Å². The van der Waals surface area contributed by atoms with Gasteiger partial charge >= 0.3 is 5.97 Å². The minimum Gasteiger partial charge on any atom is -0.456 e. The highest BCUT2D eigenvalue weighted by molar-refractivity contribution is 6.23. The average molecular weight is 439 g/mol. The molecule has 0 unspecified atom stereocenters. The van der Waals surface area contributed by atoms with Gasteiger partial charge in [-0.3, -0.25) is 39.0 Å². The lowest BCUT2D eigenvalue weighted by Crippen LogP contribution is -2.32. The summed E-state index contributed by atoms with van der Waals surface area (Å²) in [6, 6.07) is 9.84. The lowest BCUT2D eigenvalue weighted by atomic mass is 10.1. The number of hydrogen-bond donors (Lipinski definition) is 1. The Morgan fingerprint density at radius 1 is 1.06 bits per heavy atom. The van der Waals surface area contributed by atoms with Crippen LogP contribution in [0.1, 0.15) is 44.4 Å². The topological polar surface area (TPSA) is 153 Å². The second kappa shape index (κ2) is 9.16. The third-order valence-electron chi connectivity index (χ3n) is 4.65. The number of nitro benzene ring substituents is 1. The Bertz CT molecular complexity index is 1140. The first-order valence-electron chi connectivity index (χ1n) is 9.39. The number of ketones is 1. The van der Waals surface area contributed by atoms with Gasteiger partial charge in [-0.2, -0.15) is 0 Å². The normalized spacial score (nSPS) is 12.3. The van der Waals surface area contributed by atoms with E-state index in [2.05, 4.69) is 5.32 Å². The van der Waals surface area contributed by atoms with Crippen LogP contribution in [0.4, 0.5) is 11.4 Å². The Hall–Kier alpha value is -4.41. The van der Waals surface area contributed by atoms with Gasteiger partial charge in [0.25, 0.3) is 23.4 Å². The van der Waals surface area contributed by atoms with Gasteiger partial charge in [-0.25, -0.2) is 0 Å². The van der Waals surface area contributed by atoms with Crippen molar-refractivity contribution in [3.8, 4) is 0 Å². The van der Waals surface area contributed by atoms with Gasteiger partial charge in [0.1, 0.15) is 5.56 Å². The molecule has 11 heteroatoms. The molecule has 0 saturated carbocycles. The first-order valence-corrected chi connectivity index (χ1v) is 9.39. The minimum absolute atomic E-state index is 0.104. The number of amides is 3. The number of ether oxygens (including phenoxy) is 1. The number of nitro groups is 1. The standard InChI is InChI=1S/C21H17N3O8/c1-12(25)13-5-7-14(8-6-13)22-17(26)11-32-18(27)9-10-23-20(28)15-3-2-4-16(24(30)31)19(15)21(23)29/h2-8H,9-11H2,1H3,(H,22,26). The molecule has 1 aliphatic rings. The average Bonchev–Trinajstić information content (AvgIpc) is 3.01. The Labute approximate surface area is 181 Å². The summed E-state index contributed by atoms with van der Waals surface area (Å²) in [6.07, 6.45) is -0.389. The molecule has 0 fully saturated rings. The second-order valence-corrected chi connectivity index (χ2v) is 6.81. The molecule has 1 heterocycles. The Morgan fingerprint density at radius 3 is 2.38 bits per heavy atom. The van der Waals surface area contributed by atoms with E-state index in [1.54, 1.807) is 0 Å². The van der Waals surface area contributed by atoms with Crippen molar-refractivity contribution in [1.82, 2.24) is 4.90 Å². The van der Waals surface area contributed by atoms with Crippen molar-refractivity contribution in [3.63, 3.8) is 0 Å². The molecule has 1 aliphatic heterocycles. The molecule has 164 valence electrons. The Balaban J connectivity index is 1.51. The summed E-state index contributed by atoms with van der Waals surface area (Å²) in [5, 5.41) is 13.6. The number of nitrogens with zero attached hydrogens (tertiary/aromatic N) is 2. The lowest BCUT2D eigenvalue weighted by molar-refractivity contribution is -0.385. The van der Waals surface area contributed by atoms with Crippen molar-refractivity contribution in [2.45, 2.75) is 13.3 Å². The van der Waals surface area contributed by atoms with Crippen molar-refractivity contribution in [1.29, 1.82) is 0 Å². The Kier molecular flexibility index (Phi) is 6.38. The van der Waals surface area contributed by atoms with Gasteiger partial charge < -0.3 is 10.1 Å². The molecule has 32 heavy (non-hydrogen) atoms. The number of benzene rings is 2. The molecule has 0 bridgehead atoms. The molecule has 2 aromatic carbocycles. The van der Waals surface area contributed by atoms with E-state index in [0.717, 1.165) is 11.0 Å². The van der Waals surface area contributed by atoms with Crippen LogP contribution in [0.15, 0.2) is 42.5 Å². The summed E-state index contributed by atoms with van der Waals surface area (Å²) >= 11 is 0. The fourth-order valence-corrected chi connectivity index (χ4v) is 3.08. The molecule has 0 saturated heterocycles. The van der Waals surface area contributed by atoms with Crippen LogP contribution < -0.4 is 5.32 Å². The number of carbonyl (C=O) groups excluding carboxylic acids is 5. The number of Topliss-reactive ketones (excluding diaryl/α,β-unsaturated/α-hetero) is 1. The minimum atomic E-state index is -0.864. The van der Waals surface area contributed by atoms with Crippen LogP contribution in [0, 0.1) is 10.1 Å². The summed E-state index contributed by atoms with van der Waals surface area (Å²) in [7, 11) is 0. The van der Waals surface area contributed by atoms with Gasteiger partial charge in [-0.05, 0) is 37.3 Å². The molecule has 3 amide bonds. The van der Waals surface area contributed by atoms with E-state index < -0.39 is 40.9 Å². The van der Waals surface area contributed by atoms with Crippen molar-refractivity contribution < 1.29 is 33.6 Å². The van der Waals surface area contributed by atoms with Crippen LogP contribution in [-0.2, 0) is 14.3 Å². The van der Waals surface area contributed by atoms with Crippen molar-refractivity contribution in [3.05, 3.63) is 69.3 Å². The maximum atomic E-state index is 12.4. The lowest BCUT2D eigenvalue weighted by Gasteiger charge is -2.13. The number of rotatable bonds is 8. The van der Waals surface area contributed by atoms with E-state index in [4.69, 9.17) is 4.74 Å². The van der Waals surface area contributed by atoms with Crippen molar-refractivity contribution in [2.75, 3.05) is 18.5 Å². The van der Waals surface area contributed by atoms with E-state index in [-0.39, 0.29) is 29.9 Å². The Morgan fingerprint density at radius 2 is 1.75 bits per heavy atom. The van der Waals surface area contributed by atoms with Crippen LogP contribution in [0.25, 0.3) is 0 Å². The number of hydrogen-bond acceptors (Lipinski definition) is 8. The summed E-state index contributed by atoms with van der Waals surface area (Å²) in [5.41, 5.74) is -0.0192. The van der Waals surface area contributed by atoms with E-state index in [9.17, 15) is 34.1 Å². The summed E-state index contributed by atoms with van der Waals surface area (Å²) in [6.45, 7) is 0.466. The van der Waals surface area contributed by atoms with Crippen LogP contribution in [0.2, 0.25) is 0 Å². The second-order valence-electron chi connectivity index (χ2n) is 6.81. The fraction of sp³-hybridized carbons (Fsp3) is 0.190. The number of anilines is 1. The zero-order valence-corrected chi connectivity index (χ0v) is 16.8. The largest absolute Gasteiger partial charge is 0.456 e. The first-order chi connectivity index (χ1) is 15.2. The molecular weight excluding hydrogens is 422 g/mol. The molecule has 11 nitrogen and oxygen atoms in total. The SMILES string of the molecule is CC(=O)c1ccc(NC(=O)COC(=O)CCN2C(=O)c3cccc([N+](=O)[O-])c3C2=O)cc1. The highest BCUT2D eigenvalue weighted by Crippen LogP contribution is 2.30. The van der Waals surface area contributed by atoms with E-state index in [1.807, 2.05) is 0 Å². The zero-order chi connectivity index (χ0) is 23.4. The van der Waals surface area contributed by atoms with E-state index in [1.165, 1.54) is 43.3 Å². The smallest absolute Gasteiger partial charge is 0.308 e. The molecule has 0 atom stereocenters. The maximum absolute atomic E-state index is 12.4. The van der Waals surface area contributed by atoms with Gasteiger partial charge in [-0.1, -0.05) is 6.07 Å². The number of imide groups is 1. The van der Waals surface area contributed by atoms with Crippen molar-refractivity contribution >= 4 is 40.8 Å². The zero-order valence-electron chi connectivity index (χ0n) is 16.8. The highest BCUT2D eigenvalue weighted by atomic mass is 16.6. The van der Waals surface area contributed by atoms with Gasteiger partial charge in [0, 0.05) is 23.9 Å². The fourth-order valence-electron chi connectivity index (χ4n) is 3.08. The molecule has 0 aromatic heterocycles. The van der Waals surface area contributed by atoms with Gasteiger partial charge in [-0.15, -0.1) is 0 Å². The summed E-state index contributed by atoms with van der Waals surface area (Å²) in [5.74, 6) is -3.18. The van der Waals surface area contributed by atoms with Gasteiger partial charge in [0.2, 0.25) is 0 Å². The van der Waals surface area contributed by atoms with E-state index >= 15 is 0 Å². The van der Waals surface area contributed by atoms with E-state index in [0.29, 0.717) is 11.3 Å². The third-order valence-corrected chi connectivity index (χ3v) is 4.65. The van der Waals surface area contributed by atoms with Crippen LogP contribution in [0.5, 0.6) is 0 Å². The van der Waals surface area contributed by atoms with Crippen LogP contribution >= 0.6 is 0 Å². The molecular formula is C21H17N3O8. The van der Waals surface area contributed by atoms with Crippen molar-refractivity contribution in [2.24, 2.45) is 0 Å². The monoisotopic (exact) mass is 439 g/mol.